The van der Waals surface area contributed by atoms with Crippen LogP contribution in [0, 0.1) is 0 Å². The molecule has 1 heterocycles. The van der Waals surface area contributed by atoms with Crippen LogP contribution in [0.15, 0.2) is 40.7 Å². The number of aromatic nitrogens is 1. The Labute approximate surface area is 160 Å². The summed E-state index contributed by atoms with van der Waals surface area (Å²) < 4.78 is 0. The van der Waals surface area contributed by atoms with Crippen molar-refractivity contribution in [1.29, 1.82) is 0 Å². The van der Waals surface area contributed by atoms with Gasteiger partial charge in [0.15, 0.2) is 5.96 Å². The van der Waals surface area contributed by atoms with Crippen LogP contribution in [0.3, 0.4) is 0 Å². The first-order valence-electron chi connectivity index (χ1n) is 9.26. The Bertz CT molecular complexity index is 669. The van der Waals surface area contributed by atoms with Crippen molar-refractivity contribution >= 4 is 17.3 Å². The fraction of sp³-hybridized carbons (Fsp3) is 0.500. The van der Waals surface area contributed by atoms with Crippen molar-refractivity contribution in [3.63, 3.8) is 0 Å². The van der Waals surface area contributed by atoms with E-state index in [1.807, 2.05) is 37.3 Å². The Morgan fingerprint density at radius 3 is 2.62 bits per heavy atom. The molecular weight excluding hydrogens is 344 g/mol. The molecule has 6 heteroatoms. The summed E-state index contributed by atoms with van der Waals surface area (Å²) in [5.74, 6) is 1.27. The predicted molar refractivity (Wildman–Crippen MR) is 110 cm³/mol. The van der Waals surface area contributed by atoms with Crippen LogP contribution in [0.1, 0.15) is 48.9 Å². The number of rotatable bonds is 9. The van der Waals surface area contributed by atoms with Gasteiger partial charge < -0.3 is 15.7 Å². The molecule has 1 atom stereocenters. The number of guanidine groups is 1. The predicted octanol–water partition coefficient (Wildman–Crippen LogP) is 3.14. The van der Waals surface area contributed by atoms with Crippen LogP contribution in [-0.2, 0) is 6.42 Å². The Hall–Kier alpha value is -1.92. The minimum atomic E-state index is 0.0128. The van der Waals surface area contributed by atoms with E-state index in [0.717, 1.165) is 36.7 Å². The molecule has 0 saturated heterocycles. The van der Waals surface area contributed by atoms with E-state index in [4.69, 9.17) is 0 Å². The molecule has 1 aromatic heterocycles. The van der Waals surface area contributed by atoms with Crippen LogP contribution in [0.4, 0.5) is 0 Å². The zero-order chi connectivity index (χ0) is 18.8. The van der Waals surface area contributed by atoms with Gasteiger partial charge in [0.05, 0.1) is 23.9 Å². The highest BCUT2D eigenvalue weighted by atomic mass is 32.1. The van der Waals surface area contributed by atoms with Gasteiger partial charge in [-0.3, -0.25) is 4.99 Å². The van der Waals surface area contributed by atoms with Gasteiger partial charge in [0.2, 0.25) is 0 Å². The lowest BCUT2D eigenvalue weighted by molar-refractivity contribution is 0.268. The molecular formula is C20H30N4OS. The number of aliphatic hydroxyl groups excluding tert-OH is 1. The largest absolute Gasteiger partial charge is 0.396 e. The molecule has 2 aromatic rings. The van der Waals surface area contributed by atoms with Crippen LogP contribution in [0.5, 0.6) is 0 Å². The zero-order valence-electron chi connectivity index (χ0n) is 15.9. The fourth-order valence-corrected chi connectivity index (χ4v) is 3.42. The van der Waals surface area contributed by atoms with Crippen molar-refractivity contribution in [2.24, 2.45) is 4.99 Å². The van der Waals surface area contributed by atoms with E-state index >= 15 is 0 Å². The summed E-state index contributed by atoms with van der Waals surface area (Å²) in [5.41, 5.74) is 2.23. The van der Waals surface area contributed by atoms with Gasteiger partial charge >= 0.3 is 0 Å². The molecule has 1 unspecified atom stereocenters. The highest BCUT2D eigenvalue weighted by Gasteiger charge is 2.10. The van der Waals surface area contributed by atoms with Crippen molar-refractivity contribution in [3.8, 4) is 0 Å². The summed E-state index contributed by atoms with van der Waals surface area (Å²) in [6, 6.07) is 10.0. The first kappa shape index (κ1) is 20.4. The van der Waals surface area contributed by atoms with Gasteiger partial charge in [0, 0.05) is 36.7 Å². The van der Waals surface area contributed by atoms with Crippen LogP contribution in [0.2, 0.25) is 0 Å². The van der Waals surface area contributed by atoms with E-state index in [-0.39, 0.29) is 12.5 Å². The highest BCUT2D eigenvalue weighted by Crippen LogP contribution is 2.19. The quantitative estimate of drug-likeness (QED) is 0.466. The van der Waals surface area contributed by atoms with Crippen molar-refractivity contribution in [2.75, 3.05) is 26.2 Å². The van der Waals surface area contributed by atoms with Gasteiger partial charge in [-0.2, -0.15) is 0 Å². The van der Waals surface area contributed by atoms with E-state index in [9.17, 15) is 5.11 Å². The minimum Gasteiger partial charge on any atom is -0.396 e. The minimum absolute atomic E-state index is 0.0128. The Morgan fingerprint density at radius 2 is 2.00 bits per heavy atom. The number of nitrogens with one attached hydrogen (secondary N) is 2. The number of thiazole rings is 1. The summed E-state index contributed by atoms with van der Waals surface area (Å²) in [5, 5.41) is 19.6. The van der Waals surface area contributed by atoms with Gasteiger partial charge in [-0.05, 0) is 12.5 Å². The van der Waals surface area contributed by atoms with Crippen molar-refractivity contribution in [1.82, 2.24) is 15.6 Å². The number of aliphatic hydroxyl groups is 1. The van der Waals surface area contributed by atoms with Gasteiger partial charge in [0.1, 0.15) is 0 Å². The van der Waals surface area contributed by atoms with Crippen LogP contribution >= 0.6 is 11.3 Å². The summed E-state index contributed by atoms with van der Waals surface area (Å²) in [6.45, 7) is 8.60. The molecule has 26 heavy (non-hydrogen) atoms. The maximum Gasteiger partial charge on any atom is 0.191 e. The average Bonchev–Trinajstić information content (AvgIpc) is 3.12. The lowest BCUT2D eigenvalue weighted by Crippen LogP contribution is -2.38. The maximum absolute atomic E-state index is 9.68. The number of hydrogen-bond donors (Lipinski definition) is 3. The number of aliphatic imine (C=N–C) groups is 1. The molecule has 0 fully saturated rings. The van der Waals surface area contributed by atoms with Crippen molar-refractivity contribution < 1.29 is 5.11 Å². The molecule has 3 N–H and O–H groups in total. The Morgan fingerprint density at radius 1 is 1.23 bits per heavy atom. The lowest BCUT2D eigenvalue weighted by Gasteiger charge is -2.15. The van der Waals surface area contributed by atoms with Crippen molar-refractivity contribution in [3.05, 3.63) is 52.0 Å². The molecule has 0 aliphatic heterocycles. The molecule has 0 aliphatic rings. The first-order valence-corrected chi connectivity index (χ1v) is 10.1. The lowest BCUT2D eigenvalue weighted by atomic mass is 10.0. The number of benzene rings is 1. The highest BCUT2D eigenvalue weighted by molar-refractivity contribution is 7.09. The van der Waals surface area contributed by atoms with Crippen LogP contribution < -0.4 is 10.6 Å². The second-order valence-corrected chi connectivity index (χ2v) is 7.41. The summed E-state index contributed by atoms with van der Waals surface area (Å²) in [7, 11) is 0. The third kappa shape index (κ3) is 6.42. The smallest absolute Gasteiger partial charge is 0.191 e. The molecule has 1 aromatic carbocycles. The zero-order valence-corrected chi connectivity index (χ0v) is 16.7. The second kappa shape index (κ2) is 10.9. The normalized spacial score (nSPS) is 13.0. The van der Waals surface area contributed by atoms with E-state index in [1.54, 1.807) is 11.3 Å². The Balaban J connectivity index is 1.89. The molecule has 2 rings (SSSR count). The Kier molecular flexibility index (Phi) is 8.58. The molecule has 0 radical (unpaired) electrons. The number of nitrogens with zero attached hydrogens (tertiary/aromatic N) is 2. The SMILES string of the molecule is CCNC(=NCC(CO)c1ccccc1)NCCc1csc(C(C)C)n1. The monoisotopic (exact) mass is 374 g/mol. The first-order chi connectivity index (χ1) is 12.6. The van der Waals surface area contributed by atoms with Crippen molar-refractivity contribution in [2.45, 2.75) is 39.0 Å². The van der Waals surface area contributed by atoms with Gasteiger partial charge in [-0.15, -0.1) is 11.3 Å². The third-order valence-electron chi connectivity index (χ3n) is 4.04. The second-order valence-electron chi connectivity index (χ2n) is 6.52. The standard InChI is InChI=1S/C20H30N4OS/c1-4-21-20(22-11-10-18-14-26-19(24-18)15(2)3)23-12-17(13-25)16-8-6-5-7-9-16/h5-9,14-15,17,25H,4,10-13H2,1-3H3,(H2,21,22,23). The summed E-state index contributed by atoms with van der Waals surface area (Å²) in [4.78, 5) is 9.31. The molecule has 5 nitrogen and oxygen atoms in total. The van der Waals surface area contributed by atoms with Gasteiger partial charge in [-0.1, -0.05) is 44.2 Å². The van der Waals surface area contributed by atoms with E-state index in [0.29, 0.717) is 12.5 Å². The molecule has 0 bridgehead atoms. The molecule has 0 aliphatic carbocycles. The topological polar surface area (TPSA) is 69.5 Å². The van der Waals surface area contributed by atoms with Gasteiger partial charge in [-0.25, -0.2) is 4.98 Å². The van der Waals surface area contributed by atoms with E-state index < -0.39 is 0 Å². The van der Waals surface area contributed by atoms with Gasteiger partial charge in [0.25, 0.3) is 0 Å². The number of hydrogen-bond acceptors (Lipinski definition) is 4. The van der Waals surface area contributed by atoms with Crippen LogP contribution in [-0.4, -0.2) is 42.3 Å². The molecule has 142 valence electrons. The maximum atomic E-state index is 9.68. The average molecular weight is 375 g/mol. The fourth-order valence-electron chi connectivity index (χ4n) is 2.55. The molecule has 0 saturated carbocycles. The summed E-state index contributed by atoms with van der Waals surface area (Å²) in [6.07, 6.45) is 0.871. The molecule has 0 spiro atoms. The van der Waals surface area contributed by atoms with Crippen LogP contribution in [0.25, 0.3) is 0 Å². The van der Waals surface area contributed by atoms with E-state index in [1.165, 1.54) is 5.01 Å². The van der Waals surface area contributed by atoms with E-state index in [2.05, 4.69) is 39.8 Å². The molecule has 0 amide bonds. The third-order valence-corrected chi connectivity index (χ3v) is 5.24. The summed E-state index contributed by atoms with van der Waals surface area (Å²) >= 11 is 1.73.